The lowest BCUT2D eigenvalue weighted by Gasteiger charge is -2.59. The van der Waals surface area contributed by atoms with E-state index < -0.39 is 23.8 Å². The molecule has 1 fully saturated rings. The van der Waals surface area contributed by atoms with Crippen molar-refractivity contribution in [3.63, 3.8) is 0 Å². The van der Waals surface area contributed by atoms with Crippen LogP contribution in [0.1, 0.15) is 62.0 Å². The average Bonchev–Trinajstić information content (AvgIpc) is 3.18. The van der Waals surface area contributed by atoms with E-state index in [1.165, 1.54) is 7.11 Å². The number of nitrogens with zero attached hydrogens (tertiary/aromatic N) is 2. The van der Waals surface area contributed by atoms with Crippen LogP contribution in [-0.2, 0) is 25.7 Å². The van der Waals surface area contributed by atoms with E-state index in [2.05, 4.69) is 30.5 Å². The predicted octanol–water partition coefficient (Wildman–Crippen LogP) is 6.80. The van der Waals surface area contributed by atoms with Gasteiger partial charge in [0.1, 0.15) is 37.9 Å². The molecule has 2 aliphatic carbocycles. The van der Waals surface area contributed by atoms with Crippen molar-refractivity contribution in [3.05, 3.63) is 96.6 Å². The second-order valence-electron chi connectivity index (χ2n) is 13.8. The van der Waals surface area contributed by atoms with Crippen molar-refractivity contribution in [1.29, 1.82) is 0 Å². The first-order valence-corrected chi connectivity index (χ1v) is 18.8. The molecule has 0 bridgehead atoms. The highest BCUT2D eigenvalue weighted by Crippen LogP contribution is 2.61. The molecule has 53 heavy (non-hydrogen) atoms. The lowest BCUT2D eigenvalue weighted by atomic mass is 9.55. The van der Waals surface area contributed by atoms with Crippen molar-refractivity contribution < 1.29 is 43.5 Å². The molecule has 2 N–H and O–H groups in total. The van der Waals surface area contributed by atoms with E-state index in [4.69, 9.17) is 28.5 Å². The molecule has 1 amide bonds. The number of ether oxygens (including phenoxy) is 5. The molecule has 1 saturated carbocycles. The first-order valence-electron chi connectivity index (χ1n) is 18.8. The minimum absolute atomic E-state index is 0.0685. The third kappa shape index (κ3) is 9.32. The smallest absolute Gasteiger partial charge is 0.410 e. The van der Waals surface area contributed by atoms with E-state index in [9.17, 15) is 15.0 Å². The lowest BCUT2D eigenvalue weighted by molar-refractivity contribution is -0.253. The van der Waals surface area contributed by atoms with Crippen molar-refractivity contribution in [1.82, 2.24) is 4.90 Å². The first kappa shape index (κ1) is 40.0. The van der Waals surface area contributed by atoms with Crippen molar-refractivity contribution >= 4 is 11.8 Å². The van der Waals surface area contributed by atoms with Crippen LogP contribution in [0.25, 0.3) is 0 Å². The van der Waals surface area contributed by atoms with Crippen molar-refractivity contribution in [2.45, 2.75) is 69.3 Å². The minimum atomic E-state index is -1.35. The van der Waals surface area contributed by atoms with Crippen LogP contribution in [0.3, 0.4) is 0 Å². The molecule has 288 valence electrons. The van der Waals surface area contributed by atoms with E-state index in [0.29, 0.717) is 43.3 Å². The normalized spacial score (nSPS) is 24.9. The molecule has 0 aromatic heterocycles. The molecule has 11 nitrogen and oxygen atoms in total. The monoisotopic (exact) mass is 732 g/mol. The van der Waals surface area contributed by atoms with Crippen molar-refractivity contribution in [2.24, 2.45) is 22.9 Å². The Morgan fingerprint density at radius 1 is 1.02 bits per heavy atom. The maximum Gasteiger partial charge on any atom is 0.410 e. The van der Waals surface area contributed by atoms with Gasteiger partial charge < -0.3 is 43.6 Å². The third-order valence-electron chi connectivity index (χ3n) is 10.5. The number of aliphatic hydroxyl groups excluding tert-OH is 2. The summed E-state index contributed by atoms with van der Waals surface area (Å²) in [6, 6.07) is 15.0. The second-order valence-corrected chi connectivity index (χ2v) is 13.8. The number of unbranched alkanes of at least 4 members (excludes halogenated alkanes) is 2. The maximum atomic E-state index is 13.9. The number of aliphatic hydroxyl groups is 2. The predicted molar refractivity (Wildman–Crippen MR) is 203 cm³/mol. The number of carbonyl (C=O) groups is 1. The molecular weight excluding hydrogens is 676 g/mol. The molecule has 0 radical (unpaired) electrons. The van der Waals surface area contributed by atoms with Gasteiger partial charge in [-0.15, -0.1) is 6.58 Å². The highest BCUT2D eigenvalue weighted by atomic mass is 16.7. The summed E-state index contributed by atoms with van der Waals surface area (Å²) >= 11 is 0. The van der Waals surface area contributed by atoms with Crippen LogP contribution in [0.15, 0.2) is 90.6 Å². The van der Waals surface area contributed by atoms with Crippen molar-refractivity contribution in [2.75, 3.05) is 53.8 Å². The molecule has 2 aromatic rings. The summed E-state index contributed by atoms with van der Waals surface area (Å²) in [5.74, 6) is -0.311. The fourth-order valence-electron chi connectivity index (χ4n) is 8.26. The van der Waals surface area contributed by atoms with Gasteiger partial charge in [-0.1, -0.05) is 73.1 Å². The number of fused-ring (bicyclic) bond motifs is 2. The molecule has 6 atom stereocenters. The van der Waals surface area contributed by atoms with Crippen LogP contribution in [0, 0.1) is 17.8 Å². The summed E-state index contributed by atoms with van der Waals surface area (Å²) in [7, 11) is 3.23. The van der Waals surface area contributed by atoms with Crippen LogP contribution < -0.4 is 9.47 Å². The summed E-state index contributed by atoms with van der Waals surface area (Å²) < 4.78 is 31.5. The molecular formula is C42H56N2O9. The number of benzene rings is 2. The summed E-state index contributed by atoms with van der Waals surface area (Å²) in [6.07, 6.45) is 10.2. The first-order chi connectivity index (χ1) is 25.9. The molecule has 1 aliphatic heterocycles. The Morgan fingerprint density at radius 3 is 2.49 bits per heavy atom. The number of carbonyl (C=O) groups excluding carboxylic acids is 1. The van der Waals surface area contributed by atoms with Gasteiger partial charge >= 0.3 is 6.09 Å². The van der Waals surface area contributed by atoms with Gasteiger partial charge in [0, 0.05) is 38.2 Å². The Morgan fingerprint density at radius 2 is 1.77 bits per heavy atom. The second kappa shape index (κ2) is 19.8. The minimum Gasteiger partial charge on any atom is -0.490 e. The molecule has 0 spiro atoms. The Balaban J connectivity index is 1.57. The van der Waals surface area contributed by atoms with Crippen LogP contribution in [0.2, 0.25) is 0 Å². The van der Waals surface area contributed by atoms with Gasteiger partial charge in [-0.2, -0.15) is 0 Å². The number of hydrogen-bond donors (Lipinski definition) is 2. The van der Waals surface area contributed by atoms with Crippen LogP contribution in [0.5, 0.6) is 11.5 Å². The number of likely N-dealkylation sites (N-methyl/N-ethyl adjacent to an activating group) is 1. The van der Waals surface area contributed by atoms with Gasteiger partial charge in [0.05, 0.1) is 31.5 Å². The molecule has 11 heteroatoms. The van der Waals surface area contributed by atoms with Crippen LogP contribution in [-0.4, -0.2) is 92.5 Å². The highest BCUT2D eigenvalue weighted by Gasteiger charge is 2.65. The van der Waals surface area contributed by atoms with E-state index in [0.717, 1.165) is 42.4 Å². The molecule has 2 aromatic carbocycles. The highest BCUT2D eigenvalue weighted by molar-refractivity contribution is 6.02. The number of rotatable bonds is 21. The summed E-state index contributed by atoms with van der Waals surface area (Å²) in [5, 5.41) is 24.1. The fraction of sp³-hybridized carbons (Fsp3) is 0.524. The molecule has 0 saturated heterocycles. The molecule has 3 aliphatic rings. The van der Waals surface area contributed by atoms with Gasteiger partial charge in [-0.3, -0.25) is 0 Å². The Kier molecular flexibility index (Phi) is 14.9. The van der Waals surface area contributed by atoms with Gasteiger partial charge in [0.2, 0.25) is 5.79 Å². The van der Waals surface area contributed by atoms with Gasteiger partial charge in [0.25, 0.3) is 0 Å². The number of amides is 1. The third-order valence-corrected chi connectivity index (χ3v) is 10.5. The van der Waals surface area contributed by atoms with E-state index in [-0.39, 0.29) is 57.2 Å². The SMILES string of the molecule is C=CCOc1ccc2c(c1)[C@H]1[C@H](CCCCO)[C@@H](CCCCO)C=C3C(=NOC)C[C@H](N(C)C(=O)OCCOCc4ccccc4)[C@@](OCC=C)(O2)[C@H]31. The summed E-state index contributed by atoms with van der Waals surface area (Å²) in [6.45, 7) is 9.25. The lowest BCUT2D eigenvalue weighted by Crippen LogP contribution is -2.69. The van der Waals surface area contributed by atoms with Gasteiger partial charge in [0.15, 0.2) is 0 Å². The summed E-state index contributed by atoms with van der Waals surface area (Å²) in [4.78, 5) is 20.9. The zero-order valence-corrected chi connectivity index (χ0v) is 31.2. The Hall–Kier alpha value is -4.16. The number of allylic oxidation sites excluding steroid dienone is 1. The number of oxime groups is 1. The topological polar surface area (TPSA) is 129 Å². The fourth-order valence-corrected chi connectivity index (χ4v) is 8.26. The average molecular weight is 733 g/mol. The van der Waals surface area contributed by atoms with Crippen LogP contribution >= 0.6 is 0 Å². The molecule has 5 rings (SSSR count). The van der Waals surface area contributed by atoms with E-state index >= 15 is 0 Å². The number of hydrogen-bond acceptors (Lipinski definition) is 10. The maximum absolute atomic E-state index is 13.9. The zero-order valence-electron chi connectivity index (χ0n) is 31.2. The van der Waals surface area contributed by atoms with E-state index in [1.807, 2.05) is 42.5 Å². The Labute approximate surface area is 313 Å². The summed E-state index contributed by atoms with van der Waals surface area (Å²) in [5.41, 5.74) is 3.70. The zero-order chi connectivity index (χ0) is 37.6. The van der Waals surface area contributed by atoms with Gasteiger partial charge in [-0.25, -0.2) is 4.79 Å². The van der Waals surface area contributed by atoms with E-state index in [1.54, 1.807) is 24.1 Å². The largest absolute Gasteiger partial charge is 0.490 e. The van der Waals surface area contributed by atoms with Gasteiger partial charge in [-0.05, 0) is 66.9 Å². The standard InChI is InChI=1S/C42H56N2O9/c1-5-22-50-32-18-19-37-35(27-32)39-33(17-11-13-21-46)31(16-10-12-20-45)26-34-36(43-48-4)28-38(42(53-37,40(34)39)52-23-6-2)44(3)41(47)51-25-24-49-29-30-14-8-7-9-15-30/h5-9,14-15,18-19,26-27,31,33,38-40,45-46H,1-2,10-13,16-17,20-25,28-29H2,3-4H3/t31-,33+,38-,39+,40+,42+/m0/s1. The van der Waals surface area contributed by atoms with Crippen molar-refractivity contribution in [3.8, 4) is 11.5 Å². The Bertz CT molecular complexity index is 1560. The molecule has 1 heterocycles. The quantitative estimate of drug-likeness (QED) is 0.0809. The van der Waals surface area contributed by atoms with Crippen LogP contribution in [0.4, 0.5) is 4.79 Å². The molecule has 0 unspecified atom stereocenters.